The molecule has 2 heterocycles. The Morgan fingerprint density at radius 1 is 1.21 bits per heavy atom. The first kappa shape index (κ1) is 18.6. The van der Waals surface area contributed by atoms with Gasteiger partial charge in [0.2, 0.25) is 15.9 Å². The third-order valence-electron chi connectivity index (χ3n) is 4.58. The summed E-state index contributed by atoms with van der Waals surface area (Å²) in [5.41, 5.74) is 1.20. The van der Waals surface area contributed by atoms with Crippen molar-refractivity contribution in [2.75, 3.05) is 6.54 Å². The molecule has 0 saturated carbocycles. The van der Waals surface area contributed by atoms with Crippen LogP contribution in [0.4, 0.5) is 4.39 Å². The predicted molar refractivity (Wildman–Crippen MR) is 97.1 cm³/mol. The Balaban J connectivity index is 1.49. The largest absolute Gasteiger partial charge is 0.454 e. The quantitative estimate of drug-likeness (QED) is 0.608. The highest BCUT2D eigenvalue weighted by Crippen LogP contribution is 2.28. The zero-order valence-electron chi connectivity index (χ0n) is 14.7. The van der Waals surface area contributed by atoms with E-state index in [4.69, 9.17) is 9.15 Å². The van der Waals surface area contributed by atoms with Gasteiger partial charge in [0.05, 0.1) is 0 Å². The molecular weight excluding hydrogens is 387 g/mol. The van der Waals surface area contributed by atoms with Crippen molar-refractivity contribution in [3.8, 4) is 0 Å². The van der Waals surface area contributed by atoms with E-state index in [0.29, 0.717) is 23.9 Å². The number of hydrogen-bond donors (Lipinski definition) is 0. The molecule has 0 spiro atoms. The number of halogens is 1. The Morgan fingerprint density at radius 2 is 1.96 bits per heavy atom. The monoisotopic (exact) mass is 404 g/mol. The summed E-state index contributed by atoms with van der Waals surface area (Å²) >= 11 is 0. The van der Waals surface area contributed by atoms with Gasteiger partial charge in [0, 0.05) is 6.54 Å². The van der Waals surface area contributed by atoms with Crippen molar-refractivity contribution >= 4 is 27.1 Å². The van der Waals surface area contributed by atoms with Gasteiger partial charge in [-0.25, -0.2) is 17.8 Å². The number of ether oxygens (including phenoxy) is 1. The second kappa shape index (κ2) is 7.33. The molecule has 0 radical (unpaired) electrons. The van der Waals surface area contributed by atoms with Crippen molar-refractivity contribution in [2.45, 2.75) is 30.4 Å². The van der Waals surface area contributed by atoms with E-state index in [1.807, 2.05) is 6.07 Å². The molecule has 0 N–H and O–H groups in total. The lowest BCUT2D eigenvalue weighted by molar-refractivity contribution is -0.149. The van der Waals surface area contributed by atoms with Gasteiger partial charge in [-0.3, -0.25) is 4.79 Å². The number of benzene rings is 2. The fraction of sp³-hybridized carbons (Fsp3) is 0.263. The molecule has 1 fully saturated rings. The van der Waals surface area contributed by atoms with Gasteiger partial charge in [0.15, 0.2) is 12.2 Å². The Kier molecular flexibility index (Phi) is 4.86. The molecule has 0 amide bonds. The van der Waals surface area contributed by atoms with Crippen LogP contribution in [0, 0.1) is 5.82 Å². The first-order chi connectivity index (χ1) is 13.5. The summed E-state index contributed by atoms with van der Waals surface area (Å²) in [7, 11) is -4.15. The standard InChI is InChI=1S/C19H17FN2O5S/c20-13-6-1-4-10-17(13)28(24,25)22-11-5-8-15(22)19(23)26-12-18-21-14-7-2-3-9-16(14)27-18/h1-4,6-7,9-10,15H,5,8,11-12H2/t15-/m1/s1. The number of carbonyl (C=O) groups is 1. The lowest BCUT2D eigenvalue weighted by Crippen LogP contribution is -2.41. The molecule has 28 heavy (non-hydrogen) atoms. The molecule has 7 nitrogen and oxygen atoms in total. The van der Waals surface area contributed by atoms with Gasteiger partial charge in [0.25, 0.3) is 0 Å². The number of aromatic nitrogens is 1. The third-order valence-corrected chi connectivity index (χ3v) is 6.52. The normalized spacial score (nSPS) is 17.8. The van der Waals surface area contributed by atoms with Crippen molar-refractivity contribution in [1.82, 2.24) is 9.29 Å². The highest BCUT2D eigenvalue weighted by molar-refractivity contribution is 7.89. The maximum atomic E-state index is 14.0. The van der Waals surface area contributed by atoms with Gasteiger partial charge in [-0.15, -0.1) is 0 Å². The summed E-state index contributed by atoms with van der Waals surface area (Å²) in [6, 6.07) is 11.2. The number of nitrogens with zero attached hydrogens (tertiary/aromatic N) is 2. The van der Waals surface area contributed by atoms with Crippen LogP contribution in [0.3, 0.4) is 0 Å². The van der Waals surface area contributed by atoms with E-state index >= 15 is 0 Å². The number of esters is 1. The van der Waals surface area contributed by atoms with Gasteiger partial charge in [-0.05, 0) is 37.1 Å². The summed E-state index contributed by atoms with van der Waals surface area (Å²) in [4.78, 5) is 16.3. The highest BCUT2D eigenvalue weighted by atomic mass is 32.2. The minimum absolute atomic E-state index is 0.124. The molecule has 146 valence electrons. The maximum Gasteiger partial charge on any atom is 0.324 e. The summed E-state index contributed by atoms with van der Waals surface area (Å²) in [5.74, 6) is -1.34. The number of fused-ring (bicyclic) bond motifs is 1. The van der Waals surface area contributed by atoms with Gasteiger partial charge < -0.3 is 9.15 Å². The van der Waals surface area contributed by atoms with Crippen LogP contribution in [0.25, 0.3) is 11.1 Å². The SMILES string of the molecule is O=C(OCc1nc2ccccc2o1)[C@H]1CCCN1S(=O)(=O)c1ccccc1F. The van der Waals surface area contributed by atoms with E-state index in [9.17, 15) is 17.6 Å². The van der Waals surface area contributed by atoms with Crippen molar-refractivity contribution in [3.05, 3.63) is 60.2 Å². The number of hydrogen-bond acceptors (Lipinski definition) is 6. The minimum Gasteiger partial charge on any atom is -0.454 e. The van der Waals surface area contributed by atoms with Crippen LogP contribution in [-0.2, 0) is 26.2 Å². The molecule has 2 aromatic carbocycles. The lowest BCUT2D eigenvalue weighted by atomic mass is 10.2. The lowest BCUT2D eigenvalue weighted by Gasteiger charge is -2.22. The smallest absolute Gasteiger partial charge is 0.324 e. The van der Waals surface area contributed by atoms with Crippen molar-refractivity contribution < 1.29 is 26.8 Å². The Hall–Kier alpha value is -2.78. The van der Waals surface area contributed by atoms with Crippen molar-refractivity contribution in [2.24, 2.45) is 0 Å². The zero-order valence-corrected chi connectivity index (χ0v) is 15.6. The highest BCUT2D eigenvalue weighted by Gasteiger charge is 2.41. The Bertz CT molecular complexity index is 1100. The predicted octanol–water partition coefficient (Wildman–Crippen LogP) is 2.86. The van der Waals surface area contributed by atoms with Crippen LogP contribution in [0.5, 0.6) is 0 Å². The second-order valence-corrected chi connectivity index (χ2v) is 8.25. The summed E-state index contributed by atoms with van der Waals surface area (Å²) < 4.78 is 51.3. The number of para-hydroxylation sites is 2. The number of oxazole rings is 1. The van der Waals surface area contributed by atoms with E-state index in [2.05, 4.69) is 4.98 Å². The third kappa shape index (κ3) is 3.38. The van der Waals surface area contributed by atoms with Gasteiger partial charge in [0.1, 0.15) is 22.3 Å². The van der Waals surface area contributed by atoms with E-state index in [1.165, 1.54) is 18.2 Å². The Morgan fingerprint density at radius 3 is 2.75 bits per heavy atom. The molecular formula is C19H17FN2O5S. The summed E-state index contributed by atoms with van der Waals surface area (Å²) in [6.07, 6.45) is 0.788. The number of sulfonamides is 1. The molecule has 4 rings (SSSR count). The molecule has 0 unspecified atom stereocenters. The van der Waals surface area contributed by atoms with Crippen LogP contribution in [0.1, 0.15) is 18.7 Å². The molecule has 9 heteroatoms. The maximum absolute atomic E-state index is 14.0. The van der Waals surface area contributed by atoms with Gasteiger partial charge >= 0.3 is 5.97 Å². The molecule has 0 bridgehead atoms. The van der Waals surface area contributed by atoms with Crippen molar-refractivity contribution in [3.63, 3.8) is 0 Å². The van der Waals surface area contributed by atoms with Crippen molar-refractivity contribution in [1.29, 1.82) is 0 Å². The van der Waals surface area contributed by atoms with Crippen LogP contribution in [0.2, 0.25) is 0 Å². The molecule has 1 aromatic heterocycles. The van der Waals surface area contributed by atoms with Crippen LogP contribution in [0.15, 0.2) is 57.8 Å². The molecule has 0 aliphatic carbocycles. The molecule has 3 aromatic rings. The van der Waals surface area contributed by atoms with E-state index in [0.717, 1.165) is 10.4 Å². The average molecular weight is 404 g/mol. The summed E-state index contributed by atoms with van der Waals surface area (Å²) in [6.45, 7) is -0.0864. The number of carbonyl (C=O) groups excluding carboxylic acids is 1. The number of rotatable bonds is 5. The average Bonchev–Trinajstić information content (AvgIpc) is 3.33. The molecule has 1 aliphatic heterocycles. The van der Waals surface area contributed by atoms with E-state index in [-0.39, 0.29) is 19.0 Å². The molecule has 1 saturated heterocycles. The van der Waals surface area contributed by atoms with Gasteiger partial charge in [-0.1, -0.05) is 24.3 Å². The van der Waals surface area contributed by atoms with Crippen LogP contribution in [-0.4, -0.2) is 36.3 Å². The Labute approximate surface area is 160 Å². The first-order valence-electron chi connectivity index (χ1n) is 8.74. The second-order valence-electron chi connectivity index (χ2n) is 6.39. The fourth-order valence-corrected chi connectivity index (χ4v) is 4.97. The van der Waals surface area contributed by atoms with E-state index < -0.39 is 32.7 Å². The summed E-state index contributed by atoms with van der Waals surface area (Å²) in [5, 5.41) is 0. The topological polar surface area (TPSA) is 89.7 Å². The van der Waals surface area contributed by atoms with Crippen LogP contribution >= 0.6 is 0 Å². The fourth-order valence-electron chi connectivity index (χ4n) is 3.25. The van der Waals surface area contributed by atoms with E-state index in [1.54, 1.807) is 18.2 Å². The van der Waals surface area contributed by atoms with Crippen LogP contribution < -0.4 is 0 Å². The molecule has 1 aliphatic rings. The zero-order chi connectivity index (χ0) is 19.7. The first-order valence-corrected chi connectivity index (χ1v) is 10.2. The minimum atomic E-state index is -4.15. The molecule has 1 atom stereocenters. The van der Waals surface area contributed by atoms with Gasteiger partial charge in [-0.2, -0.15) is 4.31 Å².